The zero-order valence-electron chi connectivity index (χ0n) is 11.8. The predicted molar refractivity (Wildman–Crippen MR) is 80.2 cm³/mol. The molecule has 0 saturated heterocycles. The molecule has 4 heteroatoms. The standard InChI is InChI=1S/C17H18N2O2/c20-16-13-8-4-5-9-15(13)18-11-14(16)17(21)19-10-12-6-2-1-3-7-12/h1-3,6-8,11,15,18H,4-5,9-10H2,(H,19,21). The highest BCUT2D eigenvalue weighted by atomic mass is 16.2. The molecule has 1 aromatic carbocycles. The molecule has 0 saturated carbocycles. The first-order chi connectivity index (χ1) is 10.3. The molecule has 1 unspecified atom stereocenters. The molecule has 0 spiro atoms. The van der Waals surface area contributed by atoms with Crippen LogP contribution in [0.4, 0.5) is 0 Å². The van der Waals surface area contributed by atoms with E-state index in [0.29, 0.717) is 6.54 Å². The van der Waals surface area contributed by atoms with Crippen molar-refractivity contribution in [3.8, 4) is 0 Å². The number of carbonyl (C=O) groups is 2. The van der Waals surface area contributed by atoms with Gasteiger partial charge in [-0.25, -0.2) is 0 Å². The van der Waals surface area contributed by atoms with E-state index >= 15 is 0 Å². The number of rotatable bonds is 3. The Morgan fingerprint density at radius 2 is 2.10 bits per heavy atom. The number of hydrogen-bond acceptors (Lipinski definition) is 3. The molecule has 108 valence electrons. The van der Waals surface area contributed by atoms with Crippen LogP contribution in [0.2, 0.25) is 0 Å². The Hall–Kier alpha value is -2.36. The lowest BCUT2D eigenvalue weighted by Crippen LogP contribution is -2.41. The largest absolute Gasteiger partial charge is 0.383 e. The van der Waals surface area contributed by atoms with Gasteiger partial charge in [0.05, 0.1) is 6.04 Å². The van der Waals surface area contributed by atoms with Gasteiger partial charge >= 0.3 is 0 Å². The number of fused-ring (bicyclic) bond motifs is 1. The van der Waals surface area contributed by atoms with Gasteiger partial charge in [0.1, 0.15) is 5.57 Å². The summed E-state index contributed by atoms with van der Waals surface area (Å²) in [4.78, 5) is 24.6. The summed E-state index contributed by atoms with van der Waals surface area (Å²) in [6, 6.07) is 9.73. The van der Waals surface area contributed by atoms with Gasteiger partial charge < -0.3 is 10.6 Å². The molecule has 0 aromatic heterocycles. The monoisotopic (exact) mass is 282 g/mol. The van der Waals surface area contributed by atoms with Gasteiger partial charge in [-0.3, -0.25) is 9.59 Å². The van der Waals surface area contributed by atoms with Crippen LogP contribution in [-0.4, -0.2) is 17.7 Å². The Bertz CT molecular complexity index is 617. The van der Waals surface area contributed by atoms with Crippen molar-refractivity contribution < 1.29 is 9.59 Å². The van der Waals surface area contributed by atoms with Crippen LogP contribution in [0, 0.1) is 0 Å². The summed E-state index contributed by atoms with van der Waals surface area (Å²) >= 11 is 0. The number of Topliss-reactive ketones (excluding diaryl/α,β-unsaturated/α-hetero) is 1. The minimum absolute atomic E-state index is 0.0805. The normalized spacial score (nSPS) is 20.8. The first-order valence-corrected chi connectivity index (χ1v) is 7.29. The van der Waals surface area contributed by atoms with Crippen LogP contribution in [0.1, 0.15) is 24.8 Å². The van der Waals surface area contributed by atoms with Gasteiger partial charge in [0.15, 0.2) is 5.78 Å². The summed E-state index contributed by atoms with van der Waals surface area (Å²) in [6.07, 6.45) is 6.47. The summed E-state index contributed by atoms with van der Waals surface area (Å²) in [5.74, 6) is -0.453. The SMILES string of the molecule is O=C(NCc1ccccc1)C1=CNC2CCCC=C2C1=O. The molecule has 0 bridgehead atoms. The zero-order chi connectivity index (χ0) is 14.7. The van der Waals surface area contributed by atoms with Crippen LogP contribution in [0.5, 0.6) is 0 Å². The molecular weight excluding hydrogens is 264 g/mol. The van der Waals surface area contributed by atoms with Crippen LogP contribution >= 0.6 is 0 Å². The first-order valence-electron chi connectivity index (χ1n) is 7.29. The number of hydrogen-bond donors (Lipinski definition) is 2. The molecule has 1 heterocycles. The zero-order valence-corrected chi connectivity index (χ0v) is 11.8. The molecule has 1 aromatic rings. The number of amides is 1. The van der Waals surface area contributed by atoms with E-state index in [1.54, 1.807) is 6.20 Å². The fraction of sp³-hybridized carbons (Fsp3) is 0.294. The maximum atomic E-state index is 12.4. The number of carbonyl (C=O) groups excluding carboxylic acids is 2. The highest BCUT2D eigenvalue weighted by molar-refractivity contribution is 6.26. The van der Waals surface area contributed by atoms with Gasteiger partial charge in [0.2, 0.25) is 0 Å². The summed E-state index contributed by atoms with van der Waals surface area (Å²) in [5.41, 5.74) is 1.96. The van der Waals surface area contributed by atoms with E-state index in [1.807, 2.05) is 36.4 Å². The van der Waals surface area contributed by atoms with Crippen molar-refractivity contribution in [3.63, 3.8) is 0 Å². The van der Waals surface area contributed by atoms with Crippen molar-refractivity contribution in [2.45, 2.75) is 31.8 Å². The third kappa shape index (κ3) is 2.89. The maximum Gasteiger partial charge on any atom is 0.257 e. The molecule has 1 atom stereocenters. The summed E-state index contributed by atoms with van der Waals surface area (Å²) < 4.78 is 0. The van der Waals surface area contributed by atoms with Gasteiger partial charge in [-0.2, -0.15) is 0 Å². The van der Waals surface area contributed by atoms with Gasteiger partial charge in [-0.1, -0.05) is 36.4 Å². The minimum Gasteiger partial charge on any atom is -0.383 e. The van der Waals surface area contributed by atoms with Gasteiger partial charge in [-0.05, 0) is 24.8 Å². The Kier molecular flexibility index (Phi) is 3.86. The lowest BCUT2D eigenvalue weighted by molar-refractivity contribution is -0.121. The molecule has 1 aliphatic carbocycles. The average Bonchev–Trinajstić information content (AvgIpc) is 2.54. The fourth-order valence-corrected chi connectivity index (χ4v) is 2.75. The molecule has 3 rings (SSSR count). The van der Waals surface area contributed by atoms with Crippen LogP contribution in [-0.2, 0) is 16.1 Å². The van der Waals surface area contributed by atoms with Gasteiger partial charge in [-0.15, -0.1) is 0 Å². The van der Waals surface area contributed by atoms with E-state index < -0.39 is 0 Å². The van der Waals surface area contributed by atoms with Crippen molar-refractivity contribution in [2.24, 2.45) is 0 Å². The summed E-state index contributed by atoms with van der Waals surface area (Å²) in [5, 5.41) is 5.97. The fourth-order valence-electron chi connectivity index (χ4n) is 2.75. The number of nitrogens with one attached hydrogen (secondary N) is 2. The lowest BCUT2D eigenvalue weighted by Gasteiger charge is -2.28. The molecule has 1 amide bonds. The molecule has 0 radical (unpaired) electrons. The van der Waals surface area contributed by atoms with Crippen LogP contribution in [0.15, 0.2) is 53.8 Å². The van der Waals surface area contributed by atoms with Crippen LogP contribution in [0.3, 0.4) is 0 Å². The second kappa shape index (κ2) is 5.95. The van der Waals surface area contributed by atoms with E-state index in [0.717, 1.165) is 30.4 Å². The van der Waals surface area contributed by atoms with E-state index in [9.17, 15) is 9.59 Å². The quantitative estimate of drug-likeness (QED) is 0.832. The predicted octanol–water partition coefficient (Wildman–Crippen LogP) is 1.84. The molecule has 4 nitrogen and oxygen atoms in total. The Morgan fingerprint density at radius 1 is 1.29 bits per heavy atom. The van der Waals surface area contributed by atoms with Crippen LogP contribution < -0.4 is 10.6 Å². The molecular formula is C17H18N2O2. The number of benzene rings is 1. The van der Waals surface area contributed by atoms with Crippen molar-refractivity contribution in [1.82, 2.24) is 10.6 Å². The smallest absolute Gasteiger partial charge is 0.257 e. The second-order valence-corrected chi connectivity index (χ2v) is 5.37. The Labute approximate surface area is 123 Å². The molecule has 2 N–H and O–H groups in total. The highest BCUT2D eigenvalue weighted by Gasteiger charge is 2.31. The topological polar surface area (TPSA) is 58.2 Å². The molecule has 1 aliphatic heterocycles. The molecule has 2 aliphatic rings. The Morgan fingerprint density at radius 3 is 2.90 bits per heavy atom. The molecule has 0 fully saturated rings. The van der Waals surface area contributed by atoms with E-state index in [4.69, 9.17) is 0 Å². The van der Waals surface area contributed by atoms with Gasteiger partial charge in [0, 0.05) is 18.3 Å². The lowest BCUT2D eigenvalue weighted by atomic mass is 9.86. The number of allylic oxidation sites excluding steroid dienone is 1. The summed E-state index contributed by atoms with van der Waals surface area (Å²) in [7, 11) is 0. The third-order valence-corrected chi connectivity index (χ3v) is 3.91. The van der Waals surface area contributed by atoms with Gasteiger partial charge in [0.25, 0.3) is 5.91 Å². The van der Waals surface area contributed by atoms with Crippen molar-refractivity contribution in [1.29, 1.82) is 0 Å². The van der Waals surface area contributed by atoms with E-state index in [-0.39, 0.29) is 23.3 Å². The van der Waals surface area contributed by atoms with Crippen molar-refractivity contribution >= 4 is 11.7 Å². The highest BCUT2D eigenvalue weighted by Crippen LogP contribution is 2.24. The van der Waals surface area contributed by atoms with Crippen molar-refractivity contribution in [2.75, 3.05) is 0 Å². The van der Waals surface area contributed by atoms with Crippen LogP contribution in [0.25, 0.3) is 0 Å². The first kappa shape index (κ1) is 13.6. The number of ketones is 1. The van der Waals surface area contributed by atoms with E-state index in [1.165, 1.54) is 0 Å². The summed E-state index contributed by atoms with van der Waals surface area (Å²) in [6.45, 7) is 0.423. The maximum absolute atomic E-state index is 12.4. The van der Waals surface area contributed by atoms with Crippen molar-refractivity contribution in [3.05, 3.63) is 59.3 Å². The van der Waals surface area contributed by atoms with E-state index in [2.05, 4.69) is 10.6 Å². The second-order valence-electron chi connectivity index (χ2n) is 5.37. The average molecular weight is 282 g/mol. The third-order valence-electron chi connectivity index (χ3n) is 3.91. The minimum atomic E-state index is -0.318. The molecule has 21 heavy (non-hydrogen) atoms. The Balaban J connectivity index is 1.68.